The first-order valence-electron chi connectivity index (χ1n) is 7.89. The van der Waals surface area contributed by atoms with E-state index in [2.05, 4.69) is 5.32 Å². The number of hydrogen-bond acceptors (Lipinski definition) is 6. The molecule has 0 bridgehead atoms. The molecular weight excluding hydrogens is 360 g/mol. The number of benzene rings is 1. The summed E-state index contributed by atoms with van der Waals surface area (Å²) in [6.45, 7) is 1.36. The number of fused-ring (bicyclic) bond motifs is 1. The van der Waals surface area contributed by atoms with E-state index >= 15 is 0 Å². The standard InChI is InChI=1S/C17H18N2O6S/c1-10-9-26(23)16-13(15(21)19(16)14(10)17(22)24-2)18-12(20)8-25-11-6-4-3-5-7-11/h3-7,13,16H,8-9H2,1-2H3,(H,18,20)/t13?,16-,26?/m1/s1. The van der Waals surface area contributed by atoms with Crippen LogP contribution in [0.25, 0.3) is 0 Å². The van der Waals surface area contributed by atoms with Crippen molar-refractivity contribution in [2.75, 3.05) is 19.5 Å². The van der Waals surface area contributed by atoms with Crippen LogP contribution in [0.1, 0.15) is 6.92 Å². The molecular formula is C17H18N2O6S. The number of esters is 1. The van der Waals surface area contributed by atoms with Crippen LogP contribution in [-0.4, -0.2) is 57.8 Å². The van der Waals surface area contributed by atoms with Crippen LogP contribution in [0.3, 0.4) is 0 Å². The molecule has 1 N–H and O–H groups in total. The number of ether oxygens (including phenoxy) is 2. The molecule has 2 aliphatic heterocycles. The van der Waals surface area contributed by atoms with E-state index in [1.807, 2.05) is 6.07 Å². The number of carbonyl (C=O) groups is 3. The highest BCUT2D eigenvalue weighted by atomic mass is 32.2. The summed E-state index contributed by atoms with van der Waals surface area (Å²) in [5.41, 5.74) is 0.630. The molecule has 8 nitrogen and oxygen atoms in total. The van der Waals surface area contributed by atoms with Crippen LogP contribution in [0.5, 0.6) is 5.75 Å². The van der Waals surface area contributed by atoms with Gasteiger partial charge in [-0.3, -0.25) is 18.7 Å². The number of amides is 2. The van der Waals surface area contributed by atoms with Gasteiger partial charge in [0.2, 0.25) is 0 Å². The lowest BCUT2D eigenvalue weighted by Crippen LogP contribution is -2.73. The van der Waals surface area contributed by atoms with Crippen LogP contribution in [0.2, 0.25) is 0 Å². The summed E-state index contributed by atoms with van der Waals surface area (Å²) in [5, 5.41) is 1.76. The molecule has 1 aromatic carbocycles. The van der Waals surface area contributed by atoms with Crippen molar-refractivity contribution in [2.24, 2.45) is 0 Å². The van der Waals surface area contributed by atoms with Gasteiger partial charge in [-0.25, -0.2) is 4.79 Å². The zero-order chi connectivity index (χ0) is 18.8. The van der Waals surface area contributed by atoms with Crippen molar-refractivity contribution in [3.05, 3.63) is 41.6 Å². The van der Waals surface area contributed by atoms with Gasteiger partial charge in [0.1, 0.15) is 22.9 Å². The third-order valence-electron chi connectivity index (χ3n) is 4.12. The fourth-order valence-electron chi connectivity index (χ4n) is 2.93. The van der Waals surface area contributed by atoms with E-state index in [1.54, 1.807) is 31.2 Å². The van der Waals surface area contributed by atoms with Gasteiger partial charge in [0.15, 0.2) is 6.61 Å². The minimum Gasteiger partial charge on any atom is -0.484 e. The summed E-state index contributed by atoms with van der Waals surface area (Å²) in [7, 11) is -0.205. The number of para-hydroxylation sites is 1. The molecule has 0 saturated carbocycles. The molecule has 138 valence electrons. The summed E-state index contributed by atoms with van der Waals surface area (Å²) < 4.78 is 22.4. The van der Waals surface area contributed by atoms with Crippen LogP contribution in [0.15, 0.2) is 41.6 Å². The Balaban J connectivity index is 1.66. The fourth-order valence-corrected chi connectivity index (χ4v) is 4.59. The molecule has 2 aliphatic rings. The van der Waals surface area contributed by atoms with Gasteiger partial charge in [0.05, 0.1) is 17.9 Å². The topological polar surface area (TPSA) is 102 Å². The average molecular weight is 378 g/mol. The largest absolute Gasteiger partial charge is 0.484 e. The van der Waals surface area contributed by atoms with E-state index in [9.17, 15) is 18.6 Å². The molecule has 1 saturated heterocycles. The minimum atomic E-state index is -1.42. The molecule has 2 unspecified atom stereocenters. The molecule has 1 aromatic rings. The Morgan fingerprint density at radius 3 is 2.65 bits per heavy atom. The summed E-state index contributed by atoms with van der Waals surface area (Å²) in [6, 6.07) is 7.83. The molecule has 9 heteroatoms. The van der Waals surface area contributed by atoms with Crippen LogP contribution in [-0.2, 0) is 29.9 Å². The van der Waals surface area contributed by atoms with Crippen molar-refractivity contribution in [1.29, 1.82) is 0 Å². The van der Waals surface area contributed by atoms with E-state index < -0.39 is 40.0 Å². The molecule has 2 heterocycles. The second kappa shape index (κ2) is 7.28. The molecule has 1 fully saturated rings. The Morgan fingerprint density at radius 1 is 1.31 bits per heavy atom. The quantitative estimate of drug-likeness (QED) is 0.568. The Kier molecular flexibility index (Phi) is 5.08. The van der Waals surface area contributed by atoms with Crippen LogP contribution in [0, 0.1) is 0 Å². The maximum Gasteiger partial charge on any atom is 0.354 e. The smallest absolute Gasteiger partial charge is 0.354 e. The molecule has 0 spiro atoms. The lowest BCUT2D eigenvalue weighted by Gasteiger charge is -2.49. The first kappa shape index (κ1) is 18.1. The third-order valence-corrected chi connectivity index (χ3v) is 5.86. The van der Waals surface area contributed by atoms with Gasteiger partial charge in [0, 0.05) is 5.75 Å². The Bertz CT molecular complexity index is 807. The van der Waals surface area contributed by atoms with Crippen LogP contribution < -0.4 is 10.1 Å². The number of carbonyl (C=O) groups excluding carboxylic acids is 3. The number of methoxy groups -OCH3 is 1. The first-order valence-corrected chi connectivity index (χ1v) is 9.27. The fraction of sp³-hybridized carbons (Fsp3) is 0.353. The van der Waals surface area contributed by atoms with Gasteiger partial charge in [-0.15, -0.1) is 0 Å². The normalized spacial score (nSPS) is 24.5. The summed E-state index contributed by atoms with van der Waals surface area (Å²) in [4.78, 5) is 37.6. The lowest BCUT2D eigenvalue weighted by molar-refractivity contribution is -0.152. The van der Waals surface area contributed by atoms with E-state index in [1.165, 1.54) is 7.11 Å². The zero-order valence-electron chi connectivity index (χ0n) is 14.3. The molecule has 0 radical (unpaired) electrons. The Labute approximate surface area is 152 Å². The number of nitrogens with one attached hydrogen (secondary N) is 1. The van der Waals surface area contributed by atoms with E-state index in [0.717, 1.165) is 4.90 Å². The lowest BCUT2D eigenvalue weighted by atomic mass is 10.0. The second-order valence-electron chi connectivity index (χ2n) is 5.89. The zero-order valence-corrected chi connectivity index (χ0v) is 15.1. The third kappa shape index (κ3) is 3.22. The van der Waals surface area contributed by atoms with Crippen molar-refractivity contribution in [1.82, 2.24) is 10.2 Å². The monoisotopic (exact) mass is 378 g/mol. The molecule has 26 heavy (non-hydrogen) atoms. The summed E-state index contributed by atoms with van der Waals surface area (Å²) >= 11 is 0. The van der Waals surface area contributed by atoms with Gasteiger partial charge in [0.25, 0.3) is 11.8 Å². The minimum absolute atomic E-state index is 0.105. The predicted molar refractivity (Wildman–Crippen MR) is 92.2 cm³/mol. The summed E-state index contributed by atoms with van der Waals surface area (Å²) in [6.07, 6.45) is 0. The Morgan fingerprint density at radius 2 is 2.00 bits per heavy atom. The maximum atomic E-state index is 12.4. The van der Waals surface area contributed by atoms with Gasteiger partial charge in [-0.2, -0.15) is 0 Å². The number of nitrogens with zero attached hydrogens (tertiary/aromatic N) is 1. The number of rotatable bonds is 5. The summed E-state index contributed by atoms with van der Waals surface area (Å²) in [5.74, 6) is -0.983. The average Bonchev–Trinajstić information content (AvgIpc) is 2.64. The van der Waals surface area contributed by atoms with Crippen molar-refractivity contribution in [3.63, 3.8) is 0 Å². The predicted octanol–water partition coefficient (Wildman–Crippen LogP) is -0.0722. The van der Waals surface area contributed by atoms with Crippen LogP contribution in [0.4, 0.5) is 0 Å². The van der Waals surface area contributed by atoms with Gasteiger partial charge >= 0.3 is 5.97 Å². The highest BCUT2D eigenvalue weighted by Gasteiger charge is 2.56. The SMILES string of the molecule is COC(=O)C1=C(C)CS(=O)[C@@H]2C(NC(=O)COc3ccccc3)C(=O)N12. The molecule has 3 atom stereocenters. The molecule has 2 amide bonds. The Hall–Kier alpha value is -2.68. The maximum absolute atomic E-state index is 12.4. The molecule has 0 aromatic heterocycles. The van der Waals surface area contributed by atoms with Crippen molar-refractivity contribution < 1.29 is 28.1 Å². The van der Waals surface area contributed by atoms with Gasteiger partial charge in [-0.05, 0) is 24.6 Å². The molecule has 3 rings (SSSR count). The van der Waals surface area contributed by atoms with Gasteiger partial charge in [-0.1, -0.05) is 18.2 Å². The molecule has 0 aliphatic carbocycles. The van der Waals surface area contributed by atoms with E-state index in [-0.39, 0.29) is 18.1 Å². The first-order chi connectivity index (χ1) is 12.4. The number of hydrogen-bond donors (Lipinski definition) is 1. The van der Waals surface area contributed by atoms with Crippen molar-refractivity contribution in [3.8, 4) is 5.75 Å². The number of β-lactam (4-membered cyclic amide) rings is 1. The van der Waals surface area contributed by atoms with E-state index in [4.69, 9.17) is 9.47 Å². The highest BCUT2D eigenvalue weighted by Crippen LogP contribution is 2.35. The van der Waals surface area contributed by atoms with E-state index in [0.29, 0.717) is 11.3 Å². The van der Waals surface area contributed by atoms with Gasteiger partial charge < -0.3 is 14.8 Å². The highest BCUT2D eigenvalue weighted by molar-refractivity contribution is 7.86. The van der Waals surface area contributed by atoms with Crippen molar-refractivity contribution >= 4 is 28.6 Å². The second-order valence-corrected chi connectivity index (χ2v) is 7.42. The van der Waals surface area contributed by atoms with Crippen molar-refractivity contribution in [2.45, 2.75) is 18.3 Å². The van der Waals surface area contributed by atoms with Crippen LogP contribution >= 0.6 is 0 Å².